The largest absolute Gasteiger partial charge is 0.296 e. The standard InChI is InChI=1S/C15H10FN3O/c16-12-7-4-8-13(9-12)19-15(14(10-20)17-18-19)11-5-2-1-3-6-11/h1-10H. The molecule has 0 N–H and O–H groups in total. The second-order valence-electron chi connectivity index (χ2n) is 4.20. The first-order chi connectivity index (χ1) is 9.79. The van der Waals surface area contributed by atoms with E-state index in [0.29, 0.717) is 17.7 Å². The number of aldehydes is 1. The van der Waals surface area contributed by atoms with Gasteiger partial charge in [-0.25, -0.2) is 9.07 Å². The fourth-order valence-corrected chi connectivity index (χ4v) is 2.03. The van der Waals surface area contributed by atoms with E-state index in [1.165, 1.54) is 16.8 Å². The molecule has 20 heavy (non-hydrogen) atoms. The Morgan fingerprint density at radius 2 is 1.85 bits per heavy atom. The number of carbonyl (C=O) groups is 1. The van der Waals surface area contributed by atoms with Crippen LogP contribution in [0.25, 0.3) is 16.9 Å². The lowest BCUT2D eigenvalue weighted by Gasteiger charge is -2.06. The van der Waals surface area contributed by atoms with Crippen molar-refractivity contribution in [2.45, 2.75) is 0 Å². The summed E-state index contributed by atoms with van der Waals surface area (Å²) in [6.07, 6.45) is 0.644. The molecule has 0 spiro atoms. The predicted molar refractivity (Wildman–Crippen MR) is 72.1 cm³/mol. The number of rotatable bonds is 3. The van der Waals surface area contributed by atoms with Gasteiger partial charge in [-0.3, -0.25) is 4.79 Å². The molecule has 0 bridgehead atoms. The van der Waals surface area contributed by atoms with Crippen LogP contribution in [0.3, 0.4) is 0 Å². The molecule has 3 rings (SSSR count). The first-order valence-electron chi connectivity index (χ1n) is 6.02. The third-order valence-corrected chi connectivity index (χ3v) is 2.91. The highest BCUT2D eigenvalue weighted by molar-refractivity contribution is 5.83. The Labute approximate surface area is 114 Å². The fraction of sp³-hybridized carbons (Fsp3) is 0. The van der Waals surface area contributed by atoms with Gasteiger partial charge in [0.15, 0.2) is 12.0 Å². The molecule has 0 radical (unpaired) electrons. The number of benzene rings is 2. The van der Waals surface area contributed by atoms with Crippen molar-refractivity contribution in [3.8, 4) is 16.9 Å². The number of halogens is 1. The van der Waals surface area contributed by atoms with Crippen LogP contribution < -0.4 is 0 Å². The van der Waals surface area contributed by atoms with E-state index in [1.807, 2.05) is 30.3 Å². The number of hydrogen-bond donors (Lipinski definition) is 0. The highest BCUT2D eigenvalue weighted by atomic mass is 19.1. The van der Waals surface area contributed by atoms with Crippen LogP contribution in [-0.4, -0.2) is 21.3 Å². The van der Waals surface area contributed by atoms with E-state index in [9.17, 15) is 9.18 Å². The van der Waals surface area contributed by atoms with Crippen LogP contribution in [-0.2, 0) is 0 Å². The Balaban J connectivity index is 2.23. The van der Waals surface area contributed by atoms with E-state index in [2.05, 4.69) is 10.3 Å². The molecule has 4 nitrogen and oxygen atoms in total. The number of nitrogens with zero attached hydrogens (tertiary/aromatic N) is 3. The van der Waals surface area contributed by atoms with Crippen molar-refractivity contribution in [1.29, 1.82) is 0 Å². The van der Waals surface area contributed by atoms with E-state index in [1.54, 1.807) is 12.1 Å². The minimum Gasteiger partial charge on any atom is -0.296 e. The average Bonchev–Trinajstić information content (AvgIpc) is 2.92. The lowest BCUT2D eigenvalue weighted by atomic mass is 10.1. The van der Waals surface area contributed by atoms with Crippen LogP contribution in [0.15, 0.2) is 54.6 Å². The van der Waals surface area contributed by atoms with Crippen molar-refractivity contribution in [2.24, 2.45) is 0 Å². The van der Waals surface area contributed by atoms with Crippen molar-refractivity contribution in [2.75, 3.05) is 0 Å². The predicted octanol–water partition coefficient (Wildman–Crippen LogP) is 2.89. The van der Waals surface area contributed by atoms with Crippen LogP contribution in [0.1, 0.15) is 10.5 Å². The lowest BCUT2D eigenvalue weighted by molar-refractivity contribution is 0.111. The third-order valence-electron chi connectivity index (χ3n) is 2.91. The molecule has 1 heterocycles. The van der Waals surface area contributed by atoms with E-state index < -0.39 is 0 Å². The first kappa shape index (κ1) is 12.2. The molecule has 98 valence electrons. The second-order valence-corrected chi connectivity index (χ2v) is 4.20. The van der Waals surface area contributed by atoms with Crippen LogP contribution in [0.4, 0.5) is 4.39 Å². The monoisotopic (exact) mass is 267 g/mol. The van der Waals surface area contributed by atoms with Crippen molar-refractivity contribution in [3.05, 3.63) is 66.1 Å². The molecule has 0 amide bonds. The van der Waals surface area contributed by atoms with Gasteiger partial charge in [0.1, 0.15) is 11.5 Å². The number of carbonyl (C=O) groups excluding carboxylic acids is 1. The van der Waals surface area contributed by atoms with Crippen LogP contribution in [0.5, 0.6) is 0 Å². The molecule has 0 saturated carbocycles. The van der Waals surface area contributed by atoms with Crippen LogP contribution >= 0.6 is 0 Å². The van der Waals surface area contributed by atoms with E-state index in [4.69, 9.17) is 0 Å². The molecule has 0 aliphatic rings. The summed E-state index contributed by atoms with van der Waals surface area (Å²) in [4.78, 5) is 11.1. The van der Waals surface area contributed by atoms with Gasteiger partial charge in [0.2, 0.25) is 0 Å². The third kappa shape index (κ3) is 2.09. The summed E-state index contributed by atoms with van der Waals surface area (Å²) in [6.45, 7) is 0. The molecule has 0 aliphatic carbocycles. The maximum Gasteiger partial charge on any atom is 0.172 e. The summed E-state index contributed by atoms with van der Waals surface area (Å²) in [7, 11) is 0. The molecule has 0 unspecified atom stereocenters. The fourth-order valence-electron chi connectivity index (χ4n) is 2.03. The number of aromatic nitrogens is 3. The summed E-state index contributed by atoms with van der Waals surface area (Å²) in [5, 5.41) is 7.78. The van der Waals surface area contributed by atoms with Crippen LogP contribution in [0.2, 0.25) is 0 Å². The van der Waals surface area contributed by atoms with Gasteiger partial charge in [-0.15, -0.1) is 5.10 Å². The van der Waals surface area contributed by atoms with Crippen molar-refractivity contribution < 1.29 is 9.18 Å². The van der Waals surface area contributed by atoms with E-state index in [-0.39, 0.29) is 11.5 Å². The van der Waals surface area contributed by atoms with Gasteiger partial charge < -0.3 is 0 Å². The van der Waals surface area contributed by atoms with Crippen molar-refractivity contribution in [3.63, 3.8) is 0 Å². The molecule has 0 aliphatic heterocycles. The Morgan fingerprint density at radius 3 is 2.55 bits per heavy atom. The molecular formula is C15H10FN3O. The van der Waals surface area contributed by atoms with Gasteiger partial charge >= 0.3 is 0 Å². The maximum absolute atomic E-state index is 13.3. The Morgan fingerprint density at radius 1 is 1.05 bits per heavy atom. The summed E-state index contributed by atoms with van der Waals surface area (Å²) >= 11 is 0. The molecule has 1 aromatic heterocycles. The molecular weight excluding hydrogens is 257 g/mol. The highest BCUT2D eigenvalue weighted by Crippen LogP contribution is 2.24. The number of hydrogen-bond acceptors (Lipinski definition) is 3. The summed E-state index contributed by atoms with van der Waals surface area (Å²) in [6, 6.07) is 15.3. The molecule has 0 fully saturated rings. The molecule has 0 saturated heterocycles. The molecule has 5 heteroatoms. The van der Waals surface area contributed by atoms with Crippen LogP contribution in [0, 0.1) is 5.82 Å². The van der Waals surface area contributed by atoms with Gasteiger partial charge in [0.25, 0.3) is 0 Å². The quantitative estimate of drug-likeness (QED) is 0.685. The van der Waals surface area contributed by atoms with Crippen molar-refractivity contribution >= 4 is 6.29 Å². The van der Waals surface area contributed by atoms with Gasteiger partial charge in [0, 0.05) is 5.56 Å². The smallest absolute Gasteiger partial charge is 0.172 e. The topological polar surface area (TPSA) is 47.8 Å². The average molecular weight is 267 g/mol. The second kappa shape index (κ2) is 5.05. The first-order valence-corrected chi connectivity index (χ1v) is 6.02. The van der Waals surface area contributed by atoms with Crippen molar-refractivity contribution in [1.82, 2.24) is 15.0 Å². The van der Waals surface area contributed by atoms with Gasteiger partial charge in [-0.05, 0) is 18.2 Å². The van der Waals surface area contributed by atoms with Gasteiger partial charge in [0.05, 0.1) is 5.69 Å². The summed E-state index contributed by atoms with van der Waals surface area (Å²) in [5.74, 6) is -0.371. The molecule has 0 atom stereocenters. The molecule has 3 aromatic rings. The summed E-state index contributed by atoms with van der Waals surface area (Å²) in [5.41, 5.74) is 2.08. The van der Waals surface area contributed by atoms with Gasteiger partial charge in [-0.1, -0.05) is 41.6 Å². The lowest BCUT2D eigenvalue weighted by Crippen LogP contribution is -2.00. The van der Waals surface area contributed by atoms with E-state index >= 15 is 0 Å². The Kier molecular flexibility index (Phi) is 3.09. The minimum atomic E-state index is -0.371. The maximum atomic E-state index is 13.3. The molecule has 2 aromatic carbocycles. The minimum absolute atomic E-state index is 0.223. The zero-order valence-electron chi connectivity index (χ0n) is 10.4. The normalized spacial score (nSPS) is 10.4. The Hall–Kier alpha value is -2.82. The van der Waals surface area contributed by atoms with E-state index in [0.717, 1.165) is 5.56 Å². The highest BCUT2D eigenvalue weighted by Gasteiger charge is 2.15. The SMILES string of the molecule is O=Cc1nnn(-c2cccc(F)c2)c1-c1ccccc1. The van der Waals surface area contributed by atoms with Gasteiger partial charge in [-0.2, -0.15) is 0 Å². The zero-order chi connectivity index (χ0) is 13.9. The summed E-state index contributed by atoms with van der Waals surface area (Å²) < 4.78 is 14.8. The zero-order valence-corrected chi connectivity index (χ0v) is 10.4. The Bertz CT molecular complexity index is 753.